The van der Waals surface area contributed by atoms with Crippen LogP contribution in [0.5, 0.6) is 0 Å². The van der Waals surface area contributed by atoms with Crippen LogP contribution in [-0.2, 0) is 40.3 Å². The molecule has 0 amide bonds. The summed E-state index contributed by atoms with van der Waals surface area (Å²) in [6.07, 6.45) is 7.54. The van der Waals surface area contributed by atoms with E-state index in [1.165, 1.54) is 18.2 Å². The number of ether oxygens (including phenoxy) is 1. The van der Waals surface area contributed by atoms with Gasteiger partial charge in [0.1, 0.15) is 0 Å². The van der Waals surface area contributed by atoms with Crippen molar-refractivity contribution in [2.24, 2.45) is 0 Å². The molecule has 6 rings (SSSR count). The van der Waals surface area contributed by atoms with Crippen LogP contribution < -0.4 is 18.9 Å². The van der Waals surface area contributed by atoms with Gasteiger partial charge in [-0.1, -0.05) is 36.4 Å². The molecular formula is C27H25LiN2O7. The minimum atomic E-state index is -1.39. The number of Topliss-reactive ketones (excluding diaryl/α,β-unsaturated/α-hetero) is 2. The number of carbonyl (C=O) groups is 4. The van der Waals surface area contributed by atoms with Crippen molar-refractivity contribution in [2.75, 3.05) is 7.11 Å². The number of hydrogen-bond donors (Lipinski definition) is 1. The number of aryl methyl sites for hydroxylation is 4. The van der Waals surface area contributed by atoms with Crippen LogP contribution in [-0.4, -0.2) is 50.3 Å². The maximum Gasteiger partial charge on any atom is 1.00 e. The van der Waals surface area contributed by atoms with Gasteiger partial charge in [-0.3, -0.25) is 9.59 Å². The van der Waals surface area contributed by atoms with Gasteiger partial charge in [-0.05, 0) is 36.8 Å². The van der Waals surface area contributed by atoms with E-state index in [0.29, 0.717) is 11.1 Å². The molecule has 0 saturated heterocycles. The van der Waals surface area contributed by atoms with Crippen molar-refractivity contribution in [1.29, 1.82) is 0 Å². The van der Waals surface area contributed by atoms with Crippen molar-refractivity contribution in [2.45, 2.75) is 38.8 Å². The van der Waals surface area contributed by atoms with E-state index < -0.39 is 23.5 Å². The Morgan fingerprint density at radius 2 is 1.24 bits per heavy atom. The van der Waals surface area contributed by atoms with Crippen LogP contribution in [0.25, 0.3) is 21.8 Å². The molecule has 186 valence electrons. The minimum absolute atomic E-state index is 0. The van der Waals surface area contributed by atoms with Gasteiger partial charge in [-0.15, -0.1) is 0 Å². The topological polar surface area (TPSA) is 138 Å². The van der Waals surface area contributed by atoms with E-state index in [4.69, 9.17) is 5.11 Å². The zero-order chi connectivity index (χ0) is 24.7. The standard InChI is InChI=1S/C14H13NO3.C13H11NO3.Li.H2O/c1-18-14(17)13(16)11-8-15-7-3-5-9-4-2-6-10(11)12(9)15;15-12(13(16)17)10-7-14-6-2-4-8-3-1-5-9(10)11(8)14;;/h2,4,6,8H,3,5,7H2,1H3;1,3,5,7H,2,4,6H2,(H,16,17);;1H2/q;;+1;/p-1. The van der Waals surface area contributed by atoms with Gasteiger partial charge >= 0.3 is 30.8 Å². The van der Waals surface area contributed by atoms with Gasteiger partial charge in [0.05, 0.1) is 29.3 Å². The zero-order valence-electron chi connectivity index (χ0n) is 20.7. The second kappa shape index (κ2) is 11.2. The summed E-state index contributed by atoms with van der Waals surface area (Å²) in [5, 5.41) is 10.4. The van der Waals surface area contributed by atoms with Gasteiger partial charge in [-0.2, -0.15) is 0 Å². The average Bonchev–Trinajstić information content (AvgIpc) is 3.45. The van der Waals surface area contributed by atoms with Crippen LogP contribution in [0.4, 0.5) is 0 Å². The monoisotopic (exact) mass is 496 g/mol. The molecule has 2 aromatic carbocycles. The summed E-state index contributed by atoms with van der Waals surface area (Å²) in [5.74, 6) is -3.60. The Labute approximate surface area is 224 Å². The number of carbonyl (C=O) groups excluding carboxylic acids is 3. The maximum atomic E-state index is 12.0. The molecule has 0 atom stereocenters. The smallest absolute Gasteiger partial charge is 0.870 e. The minimum Gasteiger partial charge on any atom is -0.870 e. The maximum absolute atomic E-state index is 12.0. The number of carboxylic acid groups (broad SMARTS) is 1. The Hall–Kier alpha value is -3.64. The first-order chi connectivity index (χ1) is 16.9. The fourth-order valence-corrected chi connectivity index (χ4v) is 5.19. The summed E-state index contributed by atoms with van der Waals surface area (Å²) in [5.41, 5.74) is 5.28. The van der Waals surface area contributed by atoms with Crippen molar-refractivity contribution >= 4 is 45.3 Å². The van der Waals surface area contributed by atoms with E-state index in [1.807, 2.05) is 34.9 Å². The molecule has 37 heavy (non-hydrogen) atoms. The van der Waals surface area contributed by atoms with Crippen molar-refractivity contribution in [3.63, 3.8) is 0 Å². The van der Waals surface area contributed by atoms with Crippen molar-refractivity contribution in [1.82, 2.24) is 9.13 Å². The molecule has 0 fully saturated rings. The Morgan fingerprint density at radius 1 is 0.784 bits per heavy atom. The summed E-state index contributed by atoms with van der Waals surface area (Å²) in [4.78, 5) is 45.7. The van der Waals surface area contributed by atoms with E-state index >= 15 is 0 Å². The van der Waals surface area contributed by atoms with Crippen molar-refractivity contribution < 1.29 is 53.4 Å². The fourth-order valence-electron chi connectivity index (χ4n) is 5.19. The molecule has 2 N–H and O–H groups in total. The molecule has 0 saturated carbocycles. The molecular weight excluding hydrogens is 471 g/mol. The number of benzene rings is 2. The van der Waals surface area contributed by atoms with Crippen LogP contribution in [0.1, 0.15) is 44.7 Å². The molecule has 2 aliphatic heterocycles. The third kappa shape index (κ3) is 4.86. The predicted octanol–water partition coefficient (Wildman–Crippen LogP) is 0.625. The van der Waals surface area contributed by atoms with E-state index in [1.54, 1.807) is 12.4 Å². The summed E-state index contributed by atoms with van der Waals surface area (Å²) in [6.45, 7) is 1.74. The summed E-state index contributed by atoms with van der Waals surface area (Å²) < 4.78 is 8.56. The molecule has 0 unspecified atom stereocenters. The summed E-state index contributed by atoms with van der Waals surface area (Å²) in [6, 6.07) is 11.6. The van der Waals surface area contributed by atoms with E-state index in [-0.39, 0.29) is 24.3 Å². The first-order valence-corrected chi connectivity index (χ1v) is 11.5. The van der Waals surface area contributed by atoms with E-state index in [0.717, 1.165) is 60.6 Å². The van der Waals surface area contributed by atoms with Crippen LogP contribution in [0.15, 0.2) is 48.8 Å². The zero-order valence-corrected chi connectivity index (χ0v) is 20.7. The van der Waals surface area contributed by atoms with Gasteiger partial charge in [0.15, 0.2) is 0 Å². The number of aliphatic carboxylic acids is 1. The number of rotatable bonds is 4. The Kier molecular flexibility index (Phi) is 8.44. The predicted molar refractivity (Wildman–Crippen MR) is 131 cm³/mol. The Morgan fingerprint density at radius 3 is 1.68 bits per heavy atom. The second-order valence-electron chi connectivity index (χ2n) is 8.76. The first-order valence-electron chi connectivity index (χ1n) is 11.5. The summed E-state index contributed by atoms with van der Waals surface area (Å²) in [7, 11) is 1.23. The van der Waals surface area contributed by atoms with Gasteiger partial charge in [0, 0.05) is 36.3 Å². The second-order valence-corrected chi connectivity index (χ2v) is 8.76. The third-order valence-corrected chi connectivity index (χ3v) is 6.71. The number of methoxy groups -OCH3 is 1. The largest absolute Gasteiger partial charge is 1.00 e. The molecule has 4 aromatic rings. The number of para-hydroxylation sites is 2. The number of nitrogens with zero attached hydrogens (tertiary/aromatic N) is 2. The molecule has 0 spiro atoms. The van der Waals surface area contributed by atoms with Crippen LogP contribution >= 0.6 is 0 Å². The molecule has 9 nitrogen and oxygen atoms in total. The van der Waals surface area contributed by atoms with Gasteiger partial charge < -0.3 is 24.5 Å². The molecule has 0 aliphatic carbocycles. The van der Waals surface area contributed by atoms with E-state index in [9.17, 15) is 19.2 Å². The fraction of sp³-hybridized carbons (Fsp3) is 0.259. The Balaban J connectivity index is 0.000000195. The third-order valence-electron chi connectivity index (χ3n) is 6.71. The van der Waals surface area contributed by atoms with Crippen molar-refractivity contribution in [3.8, 4) is 0 Å². The number of aromatic nitrogens is 2. The van der Waals surface area contributed by atoms with Gasteiger partial charge in [-0.25, -0.2) is 9.59 Å². The molecule has 0 radical (unpaired) electrons. The van der Waals surface area contributed by atoms with Crippen LogP contribution in [0.2, 0.25) is 0 Å². The SMILES string of the molecule is COC(=O)C(=O)c1cn2c3c(cccc13)CCC2.O=C(O)C(=O)c1cn2c3c(cccc13)CCC2.[Li+].[OH-]. The van der Waals surface area contributed by atoms with E-state index in [2.05, 4.69) is 15.4 Å². The summed E-state index contributed by atoms with van der Waals surface area (Å²) >= 11 is 0. The van der Waals surface area contributed by atoms with Crippen LogP contribution in [0, 0.1) is 0 Å². The number of esters is 1. The Bertz CT molecular complexity index is 1530. The first kappa shape index (κ1) is 27.9. The quantitative estimate of drug-likeness (QED) is 0.189. The molecule has 0 bridgehead atoms. The molecule has 10 heteroatoms. The van der Waals surface area contributed by atoms with Gasteiger partial charge in [0.25, 0.3) is 11.6 Å². The van der Waals surface area contributed by atoms with Crippen molar-refractivity contribution in [3.05, 3.63) is 71.0 Å². The number of hydrogen-bond acceptors (Lipinski definition) is 6. The van der Waals surface area contributed by atoms with Crippen LogP contribution in [0.3, 0.4) is 0 Å². The number of carboxylic acids is 1. The molecule has 2 aromatic heterocycles. The number of ketones is 2. The molecule has 4 heterocycles. The normalized spacial score (nSPS) is 13.0. The molecule has 2 aliphatic rings. The average molecular weight is 496 g/mol. The van der Waals surface area contributed by atoms with Gasteiger partial charge in [0.2, 0.25) is 0 Å².